The molecule has 0 saturated carbocycles. The summed E-state index contributed by atoms with van der Waals surface area (Å²) in [5.41, 5.74) is 0.836. The molecule has 232 valence electrons. The first-order valence-electron chi connectivity index (χ1n) is 14.2. The number of anilines is 2. The molecule has 1 saturated heterocycles. The zero-order valence-electron chi connectivity index (χ0n) is 25.1. The number of para-hydroxylation sites is 1. The molecule has 1 aromatic heterocycles. The van der Waals surface area contributed by atoms with Crippen LogP contribution in [0.4, 0.5) is 20.6 Å². The van der Waals surface area contributed by atoms with Crippen LogP contribution in [0.1, 0.15) is 25.2 Å². The van der Waals surface area contributed by atoms with Gasteiger partial charge in [-0.3, -0.25) is 14.5 Å². The summed E-state index contributed by atoms with van der Waals surface area (Å²) in [5, 5.41) is 14.0. The van der Waals surface area contributed by atoms with Gasteiger partial charge in [-0.2, -0.15) is 5.26 Å². The van der Waals surface area contributed by atoms with Crippen molar-refractivity contribution in [1.82, 2.24) is 14.6 Å². The van der Waals surface area contributed by atoms with Crippen LogP contribution in [0.5, 0.6) is 11.5 Å². The number of fused-ring (bicyclic) bond motifs is 1. The molecule has 0 aliphatic carbocycles. The number of hydrogen-bond donors (Lipinski definition) is 1. The molecule has 0 spiro atoms. The average molecular weight is 614 g/mol. The Labute approximate surface area is 258 Å². The number of nitriles is 1. The lowest BCUT2D eigenvalue weighted by Gasteiger charge is -2.39. The van der Waals surface area contributed by atoms with Gasteiger partial charge in [-0.25, -0.2) is 18.8 Å². The predicted octanol–water partition coefficient (Wildman–Crippen LogP) is 4.05. The van der Waals surface area contributed by atoms with Crippen LogP contribution in [-0.2, 0) is 4.79 Å². The van der Waals surface area contributed by atoms with Crippen molar-refractivity contribution in [3.63, 3.8) is 0 Å². The van der Waals surface area contributed by atoms with Gasteiger partial charge in [0.15, 0.2) is 5.82 Å². The number of nitrogens with one attached hydrogen (secondary N) is 1. The molecule has 4 aromatic rings. The molecule has 0 radical (unpaired) electrons. The van der Waals surface area contributed by atoms with Gasteiger partial charge in [-0.15, -0.1) is 0 Å². The molecule has 1 aliphatic heterocycles. The number of nitrogens with zero attached hydrogens (tertiary/aromatic N) is 6. The number of halogens is 1. The maximum absolute atomic E-state index is 14.1. The number of benzene rings is 3. The summed E-state index contributed by atoms with van der Waals surface area (Å²) in [5.74, 6) is 0.378. The fourth-order valence-corrected chi connectivity index (χ4v) is 5.32. The topological polar surface area (TPSA) is 133 Å². The van der Waals surface area contributed by atoms with Crippen molar-refractivity contribution in [2.45, 2.75) is 19.4 Å². The van der Waals surface area contributed by atoms with Gasteiger partial charge in [0, 0.05) is 24.8 Å². The Hall–Kier alpha value is -5.64. The number of amides is 3. The third-order valence-corrected chi connectivity index (χ3v) is 7.62. The molecular weight excluding hydrogens is 581 g/mol. The van der Waals surface area contributed by atoms with Crippen molar-refractivity contribution >= 4 is 34.2 Å². The largest absolute Gasteiger partial charge is 0.497 e. The van der Waals surface area contributed by atoms with Crippen LogP contribution in [0.3, 0.4) is 0 Å². The summed E-state index contributed by atoms with van der Waals surface area (Å²) in [4.78, 5) is 48.4. The number of carbonyl (C=O) groups is 2. The first-order valence-corrected chi connectivity index (χ1v) is 14.2. The molecule has 3 amide bonds. The Bertz CT molecular complexity index is 1810. The second-order valence-corrected chi connectivity index (χ2v) is 10.3. The third kappa shape index (κ3) is 6.35. The number of hydrogen-bond acceptors (Lipinski definition) is 8. The monoisotopic (exact) mass is 613 g/mol. The quantitative estimate of drug-likeness (QED) is 0.315. The van der Waals surface area contributed by atoms with E-state index in [1.165, 1.54) is 48.1 Å². The van der Waals surface area contributed by atoms with Crippen molar-refractivity contribution in [2.24, 2.45) is 0 Å². The molecule has 5 rings (SSSR count). The minimum atomic E-state index is -0.858. The molecule has 13 heteroatoms. The van der Waals surface area contributed by atoms with Crippen LogP contribution >= 0.6 is 0 Å². The first-order chi connectivity index (χ1) is 21.7. The summed E-state index contributed by atoms with van der Waals surface area (Å²) in [6.45, 7) is 2.94. The van der Waals surface area contributed by atoms with Gasteiger partial charge in [0.25, 0.3) is 5.56 Å². The number of piperazine rings is 1. The number of urea groups is 1. The zero-order valence-corrected chi connectivity index (χ0v) is 25.1. The second kappa shape index (κ2) is 13.3. The van der Waals surface area contributed by atoms with E-state index >= 15 is 0 Å². The maximum Gasteiger partial charge on any atom is 0.327 e. The van der Waals surface area contributed by atoms with Gasteiger partial charge in [-0.05, 0) is 55.5 Å². The average Bonchev–Trinajstić information content (AvgIpc) is 3.06. The Morgan fingerprint density at radius 1 is 1.04 bits per heavy atom. The van der Waals surface area contributed by atoms with Crippen molar-refractivity contribution in [2.75, 3.05) is 55.6 Å². The number of carbonyl (C=O) groups excluding carboxylic acids is 2. The molecule has 0 bridgehead atoms. The molecule has 3 aromatic carbocycles. The lowest BCUT2D eigenvalue weighted by Crippen LogP contribution is -2.57. The number of aromatic nitrogens is 2. The summed E-state index contributed by atoms with van der Waals surface area (Å²) >= 11 is 0. The second-order valence-electron chi connectivity index (χ2n) is 10.3. The maximum atomic E-state index is 14.1. The van der Waals surface area contributed by atoms with Crippen LogP contribution < -0.4 is 30.3 Å². The Morgan fingerprint density at radius 2 is 1.76 bits per heavy atom. The summed E-state index contributed by atoms with van der Waals surface area (Å²) in [6, 6.07) is 17.7. The fourth-order valence-electron chi connectivity index (χ4n) is 5.32. The minimum Gasteiger partial charge on any atom is -0.497 e. The smallest absolute Gasteiger partial charge is 0.327 e. The van der Waals surface area contributed by atoms with E-state index in [-0.39, 0.29) is 23.7 Å². The van der Waals surface area contributed by atoms with Gasteiger partial charge < -0.3 is 24.7 Å². The standard InChI is InChI=1S/C32H32FN7O5/c1-21(39(27-13-12-24(44-2)20-28(27)45-3)32(43)35-23-10-8-22(33)9-11-23)30-36-26-7-5-4-6-25(26)31(42)40(30)38-18-16-37(17-19-38)29(41)14-15-34/h4-13,20-21H,14,16-19H2,1-3H3,(H,35,43). The highest BCUT2D eigenvalue weighted by Crippen LogP contribution is 2.37. The molecule has 1 fully saturated rings. The van der Waals surface area contributed by atoms with E-state index < -0.39 is 17.9 Å². The van der Waals surface area contributed by atoms with Gasteiger partial charge in [0.2, 0.25) is 5.91 Å². The predicted molar refractivity (Wildman–Crippen MR) is 167 cm³/mol. The van der Waals surface area contributed by atoms with Crippen LogP contribution in [0, 0.1) is 17.1 Å². The SMILES string of the molecule is COc1ccc(N(C(=O)Nc2ccc(F)cc2)C(C)c2nc3ccccc3c(=O)n2N2CCN(C(=O)CC#N)CC2)c(OC)c1. The highest BCUT2D eigenvalue weighted by molar-refractivity contribution is 6.03. The summed E-state index contributed by atoms with van der Waals surface area (Å²) in [7, 11) is 2.98. The summed E-state index contributed by atoms with van der Waals surface area (Å²) < 4.78 is 26.1. The van der Waals surface area contributed by atoms with Gasteiger partial charge in [0.05, 0.1) is 56.0 Å². The molecule has 1 unspecified atom stereocenters. The van der Waals surface area contributed by atoms with E-state index in [2.05, 4.69) is 5.32 Å². The van der Waals surface area contributed by atoms with Crippen molar-refractivity contribution in [3.05, 3.63) is 88.7 Å². The van der Waals surface area contributed by atoms with E-state index in [0.717, 1.165) is 0 Å². The lowest BCUT2D eigenvalue weighted by atomic mass is 10.1. The van der Waals surface area contributed by atoms with Crippen LogP contribution in [0.15, 0.2) is 71.5 Å². The molecule has 45 heavy (non-hydrogen) atoms. The number of methoxy groups -OCH3 is 2. The van der Waals surface area contributed by atoms with Gasteiger partial charge in [-0.1, -0.05) is 12.1 Å². The Morgan fingerprint density at radius 3 is 2.42 bits per heavy atom. The molecule has 1 aliphatic rings. The van der Waals surface area contributed by atoms with E-state index in [1.807, 2.05) is 6.07 Å². The molecule has 2 heterocycles. The van der Waals surface area contributed by atoms with Crippen molar-refractivity contribution in [3.8, 4) is 17.6 Å². The third-order valence-electron chi connectivity index (χ3n) is 7.62. The first kappa shape index (κ1) is 30.8. The summed E-state index contributed by atoms with van der Waals surface area (Å²) in [6.07, 6.45) is -0.221. The fraction of sp³-hybridized carbons (Fsp3) is 0.281. The van der Waals surface area contributed by atoms with Crippen molar-refractivity contribution in [1.29, 1.82) is 5.26 Å². The molecule has 1 N–H and O–H groups in total. The highest BCUT2D eigenvalue weighted by atomic mass is 19.1. The number of rotatable bonds is 8. The van der Waals surface area contributed by atoms with Gasteiger partial charge >= 0.3 is 6.03 Å². The van der Waals surface area contributed by atoms with Crippen molar-refractivity contribution < 1.29 is 23.5 Å². The van der Waals surface area contributed by atoms with E-state index in [1.54, 1.807) is 59.3 Å². The highest BCUT2D eigenvalue weighted by Gasteiger charge is 2.33. The van der Waals surface area contributed by atoms with Gasteiger partial charge in [0.1, 0.15) is 23.7 Å². The Kier molecular flexibility index (Phi) is 9.13. The normalized spacial score (nSPS) is 13.6. The van der Waals surface area contributed by atoms with E-state index in [0.29, 0.717) is 60.0 Å². The Balaban J connectivity index is 1.63. The lowest BCUT2D eigenvalue weighted by molar-refractivity contribution is -0.130. The number of ether oxygens (including phenoxy) is 2. The molecule has 1 atom stereocenters. The molecule has 12 nitrogen and oxygen atoms in total. The van der Waals surface area contributed by atoms with Crippen LogP contribution in [0.2, 0.25) is 0 Å². The van der Waals surface area contributed by atoms with Crippen LogP contribution in [-0.4, -0.2) is 66.9 Å². The molecular formula is C32H32FN7O5. The zero-order chi connectivity index (χ0) is 32.1. The minimum absolute atomic E-state index is 0.221. The van der Waals surface area contributed by atoms with E-state index in [4.69, 9.17) is 19.7 Å². The van der Waals surface area contributed by atoms with E-state index in [9.17, 15) is 18.8 Å². The van der Waals surface area contributed by atoms with Crippen LogP contribution in [0.25, 0.3) is 10.9 Å².